The molecule has 0 saturated carbocycles. The minimum Gasteiger partial charge on any atom is -0.369 e. The van der Waals surface area contributed by atoms with E-state index in [1.54, 1.807) is 6.20 Å². The number of hydrogen-bond donors (Lipinski definition) is 2. The zero-order chi connectivity index (χ0) is 10.8. The summed E-state index contributed by atoms with van der Waals surface area (Å²) in [6.45, 7) is 6.30. The van der Waals surface area contributed by atoms with Gasteiger partial charge in [-0.3, -0.25) is 4.79 Å². The first-order valence-electron chi connectivity index (χ1n) is 4.36. The van der Waals surface area contributed by atoms with Crippen molar-refractivity contribution < 1.29 is 4.79 Å². The molecule has 14 heavy (non-hydrogen) atoms. The van der Waals surface area contributed by atoms with Crippen molar-refractivity contribution in [2.45, 2.75) is 31.3 Å². The highest BCUT2D eigenvalue weighted by Gasteiger charge is 2.16. The molecule has 0 fully saturated rings. The molecule has 0 unspecified atom stereocenters. The number of imidazole rings is 1. The predicted octanol–water partition coefficient (Wildman–Crippen LogP) is 1.28. The van der Waals surface area contributed by atoms with Gasteiger partial charge in [0, 0.05) is 17.3 Å². The van der Waals surface area contributed by atoms with Crippen LogP contribution >= 0.6 is 11.8 Å². The molecule has 1 rings (SSSR count). The van der Waals surface area contributed by atoms with Crippen LogP contribution in [0.4, 0.5) is 0 Å². The van der Waals surface area contributed by atoms with Gasteiger partial charge in [-0.1, -0.05) is 32.5 Å². The van der Waals surface area contributed by atoms with E-state index in [9.17, 15) is 4.79 Å². The van der Waals surface area contributed by atoms with Crippen LogP contribution < -0.4 is 5.73 Å². The summed E-state index contributed by atoms with van der Waals surface area (Å²) in [4.78, 5) is 17.8. The normalized spacial score (nSPS) is 11.6. The summed E-state index contributed by atoms with van der Waals surface area (Å²) >= 11 is 1.32. The summed E-state index contributed by atoms with van der Waals surface area (Å²) in [5.41, 5.74) is 6.15. The summed E-state index contributed by atoms with van der Waals surface area (Å²) in [6, 6.07) is 0. The van der Waals surface area contributed by atoms with Crippen LogP contribution in [0.5, 0.6) is 0 Å². The highest BCUT2D eigenvalue weighted by molar-refractivity contribution is 7.99. The van der Waals surface area contributed by atoms with Gasteiger partial charge in [-0.2, -0.15) is 0 Å². The van der Waals surface area contributed by atoms with E-state index in [-0.39, 0.29) is 17.1 Å². The van der Waals surface area contributed by atoms with Crippen molar-refractivity contribution in [3.63, 3.8) is 0 Å². The van der Waals surface area contributed by atoms with Gasteiger partial charge in [-0.25, -0.2) is 4.98 Å². The highest BCUT2D eigenvalue weighted by Crippen LogP contribution is 2.22. The monoisotopic (exact) mass is 213 g/mol. The van der Waals surface area contributed by atoms with Crippen molar-refractivity contribution in [1.82, 2.24) is 9.97 Å². The average molecular weight is 213 g/mol. The first kappa shape index (κ1) is 11.1. The first-order chi connectivity index (χ1) is 6.39. The highest BCUT2D eigenvalue weighted by atomic mass is 32.2. The van der Waals surface area contributed by atoms with E-state index < -0.39 is 0 Å². The number of nitrogens with two attached hydrogens (primary N) is 1. The Labute approximate surface area is 87.7 Å². The van der Waals surface area contributed by atoms with Gasteiger partial charge >= 0.3 is 0 Å². The molecule has 0 saturated heterocycles. The number of H-pyrrole nitrogens is 1. The third-order valence-corrected chi connectivity index (χ3v) is 2.62. The van der Waals surface area contributed by atoms with E-state index in [1.807, 2.05) is 0 Å². The van der Waals surface area contributed by atoms with Crippen molar-refractivity contribution in [2.75, 3.05) is 5.75 Å². The fourth-order valence-electron chi connectivity index (χ4n) is 0.897. The molecular formula is C9H15N3OS. The van der Waals surface area contributed by atoms with Gasteiger partial charge in [-0.05, 0) is 0 Å². The molecule has 0 radical (unpaired) electrons. The molecule has 3 N–H and O–H groups in total. The fourth-order valence-corrected chi connectivity index (χ4v) is 1.49. The third kappa shape index (κ3) is 3.06. The van der Waals surface area contributed by atoms with E-state index in [1.165, 1.54) is 11.8 Å². The number of hydrogen-bond acceptors (Lipinski definition) is 3. The second kappa shape index (κ2) is 4.04. The molecule has 5 heteroatoms. The number of primary amides is 1. The third-order valence-electron chi connectivity index (χ3n) is 1.71. The molecule has 0 aromatic carbocycles. The lowest BCUT2D eigenvalue weighted by Crippen LogP contribution is -2.13. The maximum atomic E-state index is 10.5. The molecule has 0 aliphatic carbocycles. The van der Waals surface area contributed by atoms with Crippen LogP contribution in [-0.2, 0) is 10.2 Å². The van der Waals surface area contributed by atoms with Gasteiger partial charge in [0.1, 0.15) is 0 Å². The van der Waals surface area contributed by atoms with Crippen molar-refractivity contribution in [3.8, 4) is 0 Å². The lowest BCUT2D eigenvalue weighted by atomic mass is 9.93. The quantitative estimate of drug-likeness (QED) is 0.743. The number of aromatic amines is 1. The Hall–Kier alpha value is -0.970. The van der Waals surface area contributed by atoms with E-state index in [2.05, 4.69) is 30.7 Å². The number of amides is 1. The van der Waals surface area contributed by atoms with Gasteiger partial charge in [0.25, 0.3) is 0 Å². The Bertz CT molecular complexity index is 327. The Balaban J connectivity index is 2.64. The maximum Gasteiger partial charge on any atom is 0.227 e. The van der Waals surface area contributed by atoms with Crippen LogP contribution in [-0.4, -0.2) is 21.6 Å². The molecule has 1 aromatic heterocycles. The first-order valence-corrected chi connectivity index (χ1v) is 5.35. The molecule has 0 aliphatic rings. The predicted molar refractivity (Wildman–Crippen MR) is 57.2 cm³/mol. The number of carbonyl (C=O) groups excluding carboxylic acids is 1. The van der Waals surface area contributed by atoms with Crippen molar-refractivity contribution >= 4 is 17.7 Å². The summed E-state index contributed by atoms with van der Waals surface area (Å²) in [5.74, 6) is -0.0689. The Morgan fingerprint density at radius 3 is 2.71 bits per heavy atom. The van der Waals surface area contributed by atoms with Crippen LogP contribution in [0.2, 0.25) is 0 Å². The second-order valence-corrected chi connectivity index (χ2v) is 5.07. The van der Waals surface area contributed by atoms with Crippen LogP contribution in [0.3, 0.4) is 0 Å². The second-order valence-electron chi connectivity index (χ2n) is 4.11. The number of carbonyl (C=O) groups is 1. The minimum absolute atomic E-state index is 0.0541. The number of nitrogens with one attached hydrogen (secondary N) is 1. The van der Waals surface area contributed by atoms with Crippen molar-refractivity contribution in [3.05, 3.63) is 11.9 Å². The van der Waals surface area contributed by atoms with Gasteiger partial charge in [-0.15, -0.1) is 0 Å². The summed E-state index contributed by atoms with van der Waals surface area (Å²) in [5, 5.41) is 0.744. The molecule has 0 atom stereocenters. The molecule has 1 aromatic rings. The molecule has 1 amide bonds. The number of thioether (sulfide) groups is 1. The number of nitrogens with zero attached hydrogens (tertiary/aromatic N) is 1. The Morgan fingerprint density at radius 1 is 1.64 bits per heavy atom. The van der Waals surface area contributed by atoms with Crippen LogP contribution in [0.15, 0.2) is 11.4 Å². The Kier molecular flexibility index (Phi) is 3.21. The maximum absolute atomic E-state index is 10.5. The average Bonchev–Trinajstić information content (AvgIpc) is 2.47. The molecule has 0 bridgehead atoms. The lowest BCUT2D eigenvalue weighted by molar-refractivity contribution is -0.115. The molecular weight excluding hydrogens is 198 g/mol. The topological polar surface area (TPSA) is 71.8 Å². The number of rotatable bonds is 3. The summed E-state index contributed by atoms with van der Waals surface area (Å²) in [7, 11) is 0. The SMILES string of the molecule is CC(C)(C)c1cnc(SCC(N)=O)[nH]1. The zero-order valence-electron chi connectivity index (χ0n) is 8.63. The molecule has 0 spiro atoms. The van der Waals surface area contributed by atoms with E-state index >= 15 is 0 Å². The smallest absolute Gasteiger partial charge is 0.227 e. The summed E-state index contributed by atoms with van der Waals surface area (Å²) in [6.07, 6.45) is 1.79. The van der Waals surface area contributed by atoms with Crippen molar-refractivity contribution in [2.24, 2.45) is 5.73 Å². The van der Waals surface area contributed by atoms with Crippen LogP contribution in [0, 0.1) is 0 Å². The summed E-state index contributed by atoms with van der Waals surface area (Å²) < 4.78 is 0. The number of aromatic nitrogens is 2. The van der Waals surface area contributed by atoms with E-state index in [4.69, 9.17) is 5.73 Å². The molecule has 0 aliphatic heterocycles. The molecule has 78 valence electrons. The molecule has 1 heterocycles. The van der Waals surface area contributed by atoms with Gasteiger partial charge in [0.2, 0.25) is 5.91 Å². The minimum atomic E-state index is -0.330. The van der Waals surface area contributed by atoms with Crippen LogP contribution in [0.1, 0.15) is 26.5 Å². The van der Waals surface area contributed by atoms with Gasteiger partial charge < -0.3 is 10.7 Å². The largest absolute Gasteiger partial charge is 0.369 e. The fraction of sp³-hybridized carbons (Fsp3) is 0.556. The van der Waals surface area contributed by atoms with Crippen molar-refractivity contribution in [1.29, 1.82) is 0 Å². The molecule has 4 nitrogen and oxygen atoms in total. The van der Waals surface area contributed by atoms with Crippen LogP contribution in [0.25, 0.3) is 0 Å². The zero-order valence-corrected chi connectivity index (χ0v) is 9.44. The standard InChI is InChI=1S/C9H15N3OS/c1-9(2,3)6-4-11-8(12-6)14-5-7(10)13/h4H,5H2,1-3H3,(H2,10,13)(H,11,12). The van der Waals surface area contributed by atoms with E-state index in [0.717, 1.165) is 10.9 Å². The van der Waals surface area contributed by atoms with E-state index in [0.29, 0.717) is 0 Å². The van der Waals surface area contributed by atoms with Gasteiger partial charge in [0.15, 0.2) is 5.16 Å². The van der Waals surface area contributed by atoms with Gasteiger partial charge in [0.05, 0.1) is 5.75 Å². The Morgan fingerprint density at radius 2 is 2.29 bits per heavy atom. The lowest BCUT2D eigenvalue weighted by Gasteiger charge is -2.14.